The highest BCUT2D eigenvalue weighted by atomic mass is 35.5. The first-order valence-electron chi connectivity index (χ1n) is 5.31. The number of ether oxygens (including phenoxy) is 1. The standard InChI is InChI=1S/C12H12ClNO2/c13-11-9(4-15)2-1-3-10(11)14-5-12(6-14)7-16-8-12/h1-4H,5-8H2. The van der Waals surface area contributed by atoms with Gasteiger partial charge in [-0.1, -0.05) is 23.7 Å². The maximum absolute atomic E-state index is 10.8. The van der Waals surface area contributed by atoms with Gasteiger partial charge in [-0.25, -0.2) is 0 Å². The van der Waals surface area contributed by atoms with Gasteiger partial charge in [0.1, 0.15) is 0 Å². The lowest BCUT2D eigenvalue weighted by Gasteiger charge is -2.56. The van der Waals surface area contributed by atoms with Gasteiger partial charge in [-0.3, -0.25) is 4.79 Å². The number of carbonyl (C=O) groups excluding carboxylic acids is 1. The molecule has 16 heavy (non-hydrogen) atoms. The summed E-state index contributed by atoms with van der Waals surface area (Å²) >= 11 is 6.17. The van der Waals surface area contributed by atoms with Crippen molar-refractivity contribution in [3.63, 3.8) is 0 Å². The SMILES string of the molecule is O=Cc1cccc(N2CC3(COC3)C2)c1Cl. The Bertz CT molecular complexity index is 435. The Balaban J connectivity index is 1.83. The van der Waals surface area contributed by atoms with Gasteiger partial charge < -0.3 is 9.64 Å². The molecule has 2 saturated heterocycles. The van der Waals surface area contributed by atoms with E-state index in [1.807, 2.05) is 12.1 Å². The van der Waals surface area contributed by atoms with Crippen LogP contribution in [0.3, 0.4) is 0 Å². The van der Waals surface area contributed by atoms with Gasteiger partial charge in [-0.15, -0.1) is 0 Å². The second kappa shape index (κ2) is 3.47. The highest BCUT2D eigenvalue weighted by molar-refractivity contribution is 6.35. The van der Waals surface area contributed by atoms with Crippen molar-refractivity contribution in [1.29, 1.82) is 0 Å². The van der Waals surface area contributed by atoms with Crippen LogP contribution in [0.2, 0.25) is 5.02 Å². The van der Waals surface area contributed by atoms with Crippen LogP contribution in [0.1, 0.15) is 10.4 Å². The summed E-state index contributed by atoms with van der Waals surface area (Å²) in [4.78, 5) is 13.0. The highest BCUT2D eigenvalue weighted by Gasteiger charge is 2.49. The first kappa shape index (κ1) is 10.1. The number of benzene rings is 1. The fraction of sp³-hybridized carbons (Fsp3) is 0.417. The predicted molar refractivity (Wildman–Crippen MR) is 62.3 cm³/mol. The zero-order valence-electron chi connectivity index (χ0n) is 8.78. The van der Waals surface area contributed by atoms with Crippen LogP contribution in [0.4, 0.5) is 5.69 Å². The van der Waals surface area contributed by atoms with E-state index in [0.29, 0.717) is 16.0 Å². The van der Waals surface area contributed by atoms with E-state index in [-0.39, 0.29) is 0 Å². The molecule has 3 nitrogen and oxygen atoms in total. The summed E-state index contributed by atoms with van der Waals surface area (Å²) in [5.74, 6) is 0. The number of hydrogen-bond donors (Lipinski definition) is 0. The molecule has 2 aliphatic rings. The van der Waals surface area contributed by atoms with Crippen molar-refractivity contribution in [2.75, 3.05) is 31.2 Å². The van der Waals surface area contributed by atoms with E-state index in [1.54, 1.807) is 6.07 Å². The lowest BCUT2D eigenvalue weighted by molar-refractivity contribution is -0.127. The molecule has 0 bridgehead atoms. The smallest absolute Gasteiger partial charge is 0.151 e. The zero-order valence-corrected chi connectivity index (χ0v) is 9.54. The quantitative estimate of drug-likeness (QED) is 0.737. The van der Waals surface area contributed by atoms with E-state index in [9.17, 15) is 4.79 Å². The van der Waals surface area contributed by atoms with Gasteiger partial charge in [-0.05, 0) is 6.07 Å². The largest absolute Gasteiger partial charge is 0.380 e. The summed E-state index contributed by atoms with van der Waals surface area (Å²) in [6, 6.07) is 5.57. The minimum atomic E-state index is 0.362. The van der Waals surface area contributed by atoms with Crippen LogP contribution in [0.5, 0.6) is 0 Å². The van der Waals surface area contributed by atoms with Gasteiger partial charge in [0.25, 0.3) is 0 Å². The highest BCUT2D eigenvalue weighted by Crippen LogP contribution is 2.42. The topological polar surface area (TPSA) is 29.5 Å². The molecule has 2 fully saturated rings. The van der Waals surface area contributed by atoms with Crippen molar-refractivity contribution in [3.05, 3.63) is 28.8 Å². The summed E-state index contributed by atoms with van der Waals surface area (Å²) in [5, 5.41) is 0.563. The molecule has 0 saturated carbocycles. The molecule has 0 unspecified atom stereocenters. The van der Waals surface area contributed by atoms with E-state index < -0.39 is 0 Å². The van der Waals surface area contributed by atoms with Crippen LogP contribution in [-0.4, -0.2) is 32.6 Å². The zero-order chi connectivity index (χ0) is 11.2. The molecule has 0 aromatic heterocycles. The fourth-order valence-corrected chi connectivity index (χ4v) is 2.67. The van der Waals surface area contributed by atoms with Crippen molar-refractivity contribution < 1.29 is 9.53 Å². The van der Waals surface area contributed by atoms with Crippen molar-refractivity contribution in [2.24, 2.45) is 5.41 Å². The lowest BCUT2D eigenvalue weighted by Crippen LogP contribution is -2.66. The predicted octanol–water partition coefficient (Wildman–Crippen LogP) is 1.99. The van der Waals surface area contributed by atoms with E-state index in [0.717, 1.165) is 38.3 Å². The number of rotatable bonds is 2. The molecule has 4 heteroatoms. The summed E-state index contributed by atoms with van der Waals surface area (Å²) in [6.07, 6.45) is 0.799. The van der Waals surface area contributed by atoms with Crippen LogP contribution >= 0.6 is 11.6 Å². The second-order valence-electron chi connectivity index (χ2n) is 4.65. The number of carbonyl (C=O) groups is 1. The van der Waals surface area contributed by atoms with E-state index in [2.05, 4.69) is 4.90 Å². The van der Waals surface area contributed by atoms with Gasteiger partial charge >= 0.3 is 0 Å². The second-order valence-corrected chi connectivity index (χ2v) is 5.03. The summed E-state index contributed by atoms with van der Waals surface area (Å²) in [6.45, 7) is 3.67. The molecular weight excluding hydrogens is 226 g/mol. The third kappa shape index (κ3) is 1.35. The molecule has 2 aliphatic heterocycles. The van der Waals surface area contributed by atoms with Gasteiger partial charge in [0.05, 0.1) is 29.3 Å². The average Bonchev–Trinajstić information content (AvgIpc) is 2.16. The number of aldehydes is 1. The van der Waals surface area contributed by atoms with Crippen LogP contribution in [0.15, 0.2) is 18.2 Å². The molecule has 2 heterocycles. The van der Waals surface area contributed by atoms with Gasteiger partial charge in [0.2, 0.25) is 0 Å². The molecule has 0 atom stereocenters. The normalized spacial score (nSPS) is 21.4. The molecule has 1 aromatic rings. The number of nitrogens with zero attached hydrogens (tertiary/aromatic N) is 1. The van der Waals surface area contributed by atoms with Crippen molar-refractivity contribution in [3.8, 4) is 0 Å². The van der Waals surface area contributed by atoms with Crippen molar-refractivity contribution >= 4 is 23.6 Å². The van der Waals surface area contributed by atoms with Crippen LogP contribution in [-0.2, 0) is 4.74 Å². The first-order chi connectivity index (χ1) is 7.74. The van der Waals surface area contributed by atoms with Gasteiger partial charge in [0, 0.05) is 18.7 Å². The molecule has 0 amide bonds. The van der Waals surface area contributed by atoms with E-state index in [1.165, 1.54) is 0 Å². The molecule has 0 N–H and O–H groups in total. The summed E-state index contributed by atoms with van der Waals surface area (Å²) in [7, 11) is 0. The Morgan fingerprint density at radius 3 is 2.69 bits per heavy atom. The molecule has 3 rings (SSSR count). The fourth-order valence-electron chi connectivity index (χ4n) is 2.38. The Morgan fingerprint density at radius 2 is 2.12 bits per heavy atom. The Labute approximate surface area is 98.9 Å². The number of anilines is 1. The summed E-state index contributed by atoms with van der Waals surface area (Å²) < 4.78 is 5.22. The monoisotopic (exact) mass is 237 g/mol. The first-order valence-corrected chi connectivity index (χ1v) is 5.68. The van der Waals surface area contributed by atoms with E-state index in [4.69, 9.17) is 16.3 Å². The molecule has 84 valence electrons. The number of halogens is 1. The lowest BCUT2D eigenvalue weighted by atomic mass is 9.77. The maximum Gasteiger partial charge on any atom is 0.151 e. The molecular formula is C12H12ClNO2. The van der Waals surface area contributed by atoms with Crippen LogP contribution in [0.25, 0.3) is 0 Å². The average molecular weight is 238 g/mol. The van der Waals surface area contributed by atoms with Crippen molar-refractivity contribution in [1.82, 2.24) is 0 Å². The number of hydrogen-bond acceptors (Lipinski definition) is 3. The Morgan fingerprint density at radius 1 is 1.38 bits per heavy atom. The van der Waals surface area contributed by atoms with E-state index >= 15 is 0 Å². The minimum absolute atomic E-state index is 0.362. The molecule has 1 aromatic carbocycles. The Hall–Kier alpha value is -1.06. The van der Waals surface area contributed by atoms with Crippen LogP contribution in [0, 0.1) is 5.41 Å². The Kier molecular flexibility index (Phi) is 2.19. The van der Waals surface area contributed by atoms with Gasteiger partial charge in [-0.2, -0.15) is 0 Å². The van der Waals surface area contributed by atoms with Crippen LogP contribution < -0.4 is 4.90 Å². The summed E-state index contributed by atoms with van der Waals surface area (Å²) in [5.41, 5.74) is 1.88. The third-order valence-corrected chi connectivity index (χ3v) is 3.76. The molecule has 0 aliphatic carbocycles. The van der Waals surface area contributed by atoms with Gasteiger partial charge in [0.15, 0.2) is 6.29 Å². The van der Waals surface area contributed by atoms with Crippen molar-refractivity contribution in [2.45, 2.75) is 0 Å². The maximum atomic E-state index is 10.8. The molecule has 1 spiro atoms. The third-order valence-electron chi connectivity index (χ3n) is 3.34. The molecule has 0 radical (unpaired) electrons. The minimum Gasteiger partial charge on any atom is -0.380 e.